The zero-order valence-corrected chi connectivity index (χ0v) is 20.0. The minimum atomic E-state index is -1.34. The van der Waals surface area contributed by atoms with Crippen molar-refractivity contribution in [1.82, 2.24) is 4.98 Å². The number of rotatable bonds is 3. The molecule has 9 heteroatoms. The fourth-order valence-electron chi connectivity index (χ4n) is 3.76. The minimum absolute atomic E-state index is 0. The molecule has 161 valence electrons. The second-order valence-electron chi connectivity index (χ2n) is 6.94. The van der Waals surface area contributed by atoms with Crippen molar-refractivity contribution < 1.29 is 66.3 Å². The summed E-state index contributed by atoms with van der Waals surface area (Å²) in [6.45, 7) is 0. The quantitative estimate of drug-likeness (QED) is 0.301. The van der Waals surface area contributed by atoms with Crippen LogP contribution in [0.3, 0.4) is 0 Å². The molecular formula is C24H14CeNO7. The van der Waals surface area contributed by atoms with Crippen LogP contribution in [0.1, 0.15) is 22.7 Å². The molecule has 1 N–H and O–H groups in total. The molecule has 8 nitrogen and oxygen atoms in total. The average Bonchev–Trinajstić information content (AvgIpc) is 2.78. The van der Waals surface area contributed by atoms with Crippen LogP contribution in [0.25, 0.3) is 21.9 Å². The third-order valence-corrected chi connectivity index (χ3v) is 5.16. The normalized spacial score (nSPS) is 10.7. The molecule has 0 fully saturated rings. The molecular weight excluding hydrogens is 554 g/mol. The summed E-state index contributed by atoms with van der Waals surface area (Å²) in [7, 11) is 0. The van der Waals surface area contributed by atoms with Gasteiger partial charge in [0.15, 0.2) is 0 Å². The molecule has 0 aliphatic rings. The summed E-state index contributed by atoms with van der Waals surface area (Å²) in [4.78, 5) is 30.0. The Morgan fingerprint density at radius 3 is 1.61 bits per heavy atom. The second kappa shape index (κ2) is 9.83. The molecule has 3 aromatic heterocycles. The van der Waals surface area contributed by atoms with Gasteiger partial charge in [0.2, 0.25) is 0 Å². The molecule has 0 bridgehead atoms. The molecule has 0 spiro atoms. The van der Waals surface area contributed by atoms with Gasteiger partial charge in [-0.25, -0.2) is 9.59 Å². The zero-order valence-electron chi connectivity index (χ0n) is 16.8. The number of fused-ring (bicyclic) bond motifs is 2. The van der Waals surface area contributed by atoms with Crippen LogP contribution >= 0.6 is 0 Å². The molecule has 0 amide bonds. The molecule has 0 aliphatic carbocycles. The van der Waals surface area contributed by atoms with E-state index in [1.165, 1.54) is 36.5 Å². The fourth-order valence-corrected chi connectivity index (χ4v) is 3.76. The Morgan fingerprint density at radius 2 is 1.15 bits per heavy atom. The van der Waals surface area contributed by atoms with Crippen molar-refractivity contribution in [3.8, 4) is 11.5 Å². The minimum Gasteiger partial charge on any atom is -0.872 e. The van der Waals surface area contributed by atoms with Crippen LogP contribution in [0.15, 0.2) is 91.4 Å². The van der Waals surface area contributed by atoms with E-state index in [0.29, 0.717) is 0 Å². The molecule has 5 aromatic rings. The summed E-state index contributed by atoms with van der Waals surface area (Å²) in [6.07, 6.45) is 1.45. The molecule has 0 atom stereocenters. The standard InChI is InChI=1S/C24H15NO6.Ce.H2O/c26-21-13-7-1-3-10-16(13)30-23(28)19(21)18(15-9-5-6-12-25-15)20-22(27)14-8-2-4-11-17(14)31-24(20)29;;/h1-12,18,26-27H;;1H2/q;+3;/p-3. The van der Waals surface area contributed by atoms with Crippen LogP contribution in [-0.4, -0.2) is 10.5 Å². The number of hydrogen-bond donors (Lipinski definition) is 0. The number of benzene rings is 2. The first-order valence-corrected chi connectivity index (χ1v) is 9.42. The fraction of sp³-hybridized carbons (Fsp3) is 0.0417. The predicted octanol–water partition coefficient (Wildman–Crippen LogP) is 2.44. The van der Waals surface area contributed by atoms with E-state index >= 15 is 0 Å². The van der Waals surface area contributed by atoms with Gasteiger partial charge in [-0.1, -0.05) is 54.0 Å². The predicted molar refractivity (Wildman–Crippen MR) is 111 cm³/mol. The summed E-state index contributed by atoms with van der Waals surface area (Å²) >= 11 is 0. The van der Waals surface area contributed by atoms with Gasteiger partial charge in [-0.15, -0.1) is 0 Å². The van der Waals surface area contributed by atoms with Crippen molar-refractivity contribution in [1.29, 1.82) is 0 Å². The smallest absolute Gasteiger partial charge is 0.872 e. The molecule has 1 radical (unpaired) electrons. The second-order valence-corrected chi connectivity index (χ2v) is 6.94. The van der Waals surface area contributed by atoms with Crippen molar-refractivity contribution in [3.63, 3.8) is 0 Å². The van der Waals surface area contributed by atoms with E-state index in [1.54, 1.807) is 36.4 Å². The first-order chi connectivity index (χ1) is 15.1. The number of para-hydroxylation sites is 2. The molecule has 0 saturated heterocycles. The third kappa shape index (κ3) is 4.18. The Bertz CT molecular complexity index is 1460. The van der Waals surface area contributed by atoms with E-state index in [4.69, 9.17) is 8.83 Å². The Morgan fingerprint density at radius 1 is 0.697 bits per heavy atom. The summed E-state index contributed by atoms with van der Waals surface area (Å²) in [5.41, 5.74) is -2.18. The van der Waals surface area contributed by atoms with Gasteiger partial charge < -0.3 is 24.5 Å². The molecule has 5 rings (SSSR count). The monoisotopic (exact) mass is 568 g/mol. The average molecular weight is 568 g/mol. The van der Waals surface area contributed by atoms with Crippen molar-refractivity contribution >= 4 is 21.9 Å². The first kappa shape index (κ1) is 24.6. The largest absolute Gasteiger partial charge is 3.00 e. The zero-order chi connectivity index (χ0) is 21.5. The van der Waals surface area contributed by atoms with Crippen LogP contribution < -0.4 is 21.5 Å². The van der Waals surface area contributed by atoms with E-state index in [9.17, 15) is 19.8 Å². The van der Waals surface area contributed by atoms with E-state index in [2.05, 4.69) is 4.98 Å². The van der Waals surface area contributed by atoms with Gasteiger partial charge in [0.05, 0.1) is 11.6 Å². The van der Waals surface area contributed by atoms with E-state index in [0.717, 1.165) is 0 Å². The summed E-state index contributed by atoms with van der Waals surface area (Å²) in [5.74, 6) is -2.60. The SMILES string of the molecule is O=c1oc2ccccc2c([O-])c1C(c1ccccn1)c1c([O-])c2ccccc2oc1=O.[Ce+3].[OH-]. The number of pyridine rings is 1. The Labute approximate surface area is 219 Å². The summed E-state index contributed by atoms with van der Waals surface area (Å²) < 4.78 is 10.7. The van der Waals surface area contributed by atoms with Gasteiger partial charge in [0.1, 0.15) is 11.2 Å². The van der Waals surface area contributed by atoms with Gasteiger partial charge in [0, 0.05) is 28.1 Å². The molecule has 0 saturated carbocycles. The Balaban J connectivity index is 0.00000153. The van der Waals surface area contributed by atoms with Crippen LogP contribution in [0.4, 0.5) is 0 Å². The topological polar surface area (TPSA) is 149 Å². The maximum Gasteiger partial charge on any atom is 3.00 e. The van der Waals surface area contributed by atoms with Crippen molar-refractivity contribution in [3.05, 3.63) is 111 Å². The summed E-state index contributed by atoms with van der Waals surface area (Å²) in [6, 6.07) is 17.4. The summed E-state index contributed by atoms with van der Waals surface area (Å²) in [5, 5.41) is 26.9. The number of aromatic nitrogens is 1. The molecule has 2 aromatic carbocycles. The molecule has 0 aliphatic heterocycles. The van der Waals surface area contributed by atoms with Crippen LogP contribution in [0.5, 0.6) is 11.5 Å². The molecule has 0 unspecified atom stereocenters. The molecule has 33 heavy (non-hydrogen) atoms. The van der Waals surface area contributed by atoms with Gasteiger partial charge in [-0.3, -0.25) is 4.98 Å². The van der Waals surface area contributed by atoms with E-state index in [1.807, 2.05) is 0 Å². The maximum absolute atomic E-state index is 13.3. The van der Waals surface area contributed by atoms with E-state index in [-0.39, 0.29) is 86.0 Å². The van der Waals surface area contributed by atoms with Gasteiger partial charge in [-0.2, -0.15) is 0 Å². The Hall–Kier alpha value is -3.05. The van der Waals surface area contributed by atoms with Gasteiger partial charge in [0.25, 0.3) is 0 Å². The third-order valence-electron chi connectivity index (χ3n) is 5.16. The number of nitrogens with zero attached hydrogens (tertiary/aromatic N) is 1. The van der Waals surface area contributed by atoms with E-state index < -0.39 is 28.7 Å². The van der Waals surface area contributed by atoms with Crippen LogP contribution in [0, 0.1) is 41.7 Å². The van der Waals surface area contributed by atoms with Crippen LogP contribution in [-0.2, 0) is 0 Å². The first-order valence-electron chi connectivity index (χ1n) is 9.42. The van der Waals surface area contributed by atoms with Crippen molar-refractivity contribution in [2.75, 3.05) is 0 Å². The number of hydrogen-bond acceptors (Lipinski definition) is 8. The van der Waals surface area contributed by atoms with Gasteiger partial charge in [-0.05, 0) is 24.3 Å². The van der Waals surface area contributed by atoms with Crippen molar-refractivity contribution in [2.24, 2.45) is 0 Å². The van der Waals surface area contributed by atoms with Crippen molar-refractivity contribution in [2.45, 2.75) is 5.92 Å². The Kier molecular flexibility index (Phi) is 7.33. The van der Waals surface area contributed by atoms with Gasteiger partial charge >= 0.3 is 53.0 Å². The maximum atomic E-state index is 13.3. The molecule has 3 heterocycles. The van der Waals surface area contributed by atoms with Crippen LogP contribution in [0.2, 0.25) is 0 Å².